The second-order valence-electron chi connectivity index (χ2n) is 9.79. The molecule has 0 heterocycles. The normalized spacial score (nSPS) is 11.9. The van der Waals surface area contributed by atoms with E-state index in [0.29, 0.717) is 52.9 Å². The molecule has 2 aromatic carbocycles. The number of carbonyl (C=O) groups is 1. The van der Waals surface area contributed by atoms with Gasteiger partial charge >= 0.3 is 0 Å². The molecule has 0 saturated heterocycles. The van der Waals surface area contributed by atoms with Crippen LogP contribution >= 0.6 is 0 Å². The lowest BCUT2D eigenvalue weighted by Gasteiger charge is -2.10. The molecule has 0 fully saturated rings. The Balaban J connectivity index is 1.68. The van der Waals surface area contributed by atoms with Gasteiger partial charge in [-0.3, -0.25) is 4.79 Å². The van der Waals surface area contributed by atoms with Gasteiger partial charge in [-0.25, -0.2) is 17.2 Å². The standard InChI is InChI=1S/C31H43F2N3O9S/c1-3-9-40-11-13-42-15-17-44-18-16-43-14-12-41-10-4-19-46(38,39)26-7-5-25(6-8-26)45-29-27(32)21-24(22-28(29)33)20-23(2)30(37)36-31(34)35/h5-8,20-22H,3-4,9-19H2,1-2H3,(H4,34,35,36,37)/b23-20+. The minimum atomic E-state index is -3.63. The van der Waals surface area contributed by atoms with Gasteiger partial charge in [0.15, 0.2) is 33.2 Å². The van der Waals surface area contributed by atoms with Crippen LogP contribution in [0.1, 0.15) is 32.3 Å². The van der Waals surface area contributed by atoms with Crippen molar-refractivity contribution in [3.63, 3.8) is 0 Å². The summed E-state index contributed by atoms with van der Waals surface area (Å²) in [5, 5.41) is 0. The van der Waals surface area contributed by atoms with Crippen LogP contribution in [-0.4, -0.2) is 92.1 Å². The molecule has 1 amide bonds. The van der Waals surface area contributed by atoms with Crippen LogP contribution < -0.4 is 16.2 Å². The third-order valence-corrected chi connectivity index (χ3v) is 7.73. The molecule has 0 aromatic heterocycles. The highest BCUT2D eigenvalue weighted by molar-refractivity contribution is 7.91. The van der Waals surface area contributed by atoms with Crippen LogP contribution in [0.5, 0.6) is 11.5 Å². The first kappa shape index (κ1) is 38.7. The van der Waals surface area contributed by atoms with Crippen molar-refractivity contribution in [3.8, 4) is 11.5 Å². The van der Waals surface area contributed by atoms with Crippen molar-refractivity contribution in [1.82, 2.24) is 0 Å². The first-order valence-corrected chi connectivity index (χ1v) is 16.4. The lowest BCUT2D eigenvalue weighted by Crippen LogP contribution is -2.24. The smallest absolute Gasteiger partial charge is 0.275 e. The quantitative estimate of drug-likeness (QED) is 0.0765. The zero-order valence-electron chi connectivity index (χ0n) is 26.2. The van der Waals surface area contributed by atoms with Gasteiger partial charge in [0.2, 0.25) is 0 Å². The topological polar surface area (TPSA) is 171 Å². The molecule has 0 spiro atoms. The van der Waals surface area contributed by atoms with E-state index in [9.17, 15) is 22.0 Å². The molecule has 0 bridgehead atoms. The molecular formula is C31H43F2N3O9S. The number of ether oxygens (including phenoxy) is 6. The zero-order chi connectivity index (χ0) is 33.8. The number of nitrogens with two attached hydrogens (primary N) is 2. The molecule has 256 valence electrons. The molecule has 0 unspecified atom stereocenters. The number of benzene rings is 2. The van der Waals surface area contributed by atoms with Crippen LogP contribution in [0.2, 0.25) is 0 Å². The minimum absolute atomic E-state index is 0.0223. The molecule has 0 atom stereocenters. The highest BCUT2D eigenvalue weighted by atomic mass is 32.2. The molecule has 12 nitrogen and oxygen atoms in total. The largest absolute Gasteiger partial charge is 0.451 e. The number of halogens is 2. The Morgan fingerprint density at radius 1 is 0.804 bits per heavy atom. The van der Waals surface area contributed by atoms with Crippen molar-refractivity contribution in [2.45, 2.75) is 31.6 Å². The maximum atomic E-state index is 14.6. The van der Waals surface area contributed by atoms with E-state index in [1.54, 1.807) is 0 Å². The lowest BCUT2D eigenvalue weighted by molar-refractivity contribution is -0.114. The van der Waals surface area contributed by atoms with E-state index in [0.717, 1.165) is 25.2 Å². The van der Waals surface area contributed by atoms with E-state index in [4.69, 9.17) is 39.9 Å². The predicted molar refractivity (Wildman–Crippen MR) is 168 cm³/mol. The molecule has 0 saturated carbocycles. The molecule has 0 aliphatic rings. The number of hydrogen-bond donors (Lipinski definition) is 2. The van der Waals surface area contributed by atoms with Crippen molar-refractivity contribution in [2.24, 2.45) is 16.5 Å². The van der Waals surface area contributed by atoms with Gasteiger partial charge in [-0.15, -0.1) is 0 Å². The van der Waals surface area contributed by atoms with E-state index in [1.807, 2.05) is 6.92 Å². The molecule has 2 rings (SSSR count). The zero-order valence-corrected chi connectivity index (χ0v) is 27.0. The van der Waals surface area contributed by atoms with Crippen LogP contribution in [0.15, 0.2) is 51.9 Å². The second kappa shape index (κ2) is 21.3. The SMILES string of the molecule is CCCOCCOCCOCCOCCOCCCS(=O)(=O)c1ccc(Oc2c(F)cc(/C=C(\C)C(=O)N=C(N)N)cc2F)cc1. The highest BCUT2D eigenvalue weighted by Crippen LogP contribution is 2.30. The van der Waals surface area contributed by atoms with Gasteiger partial charge in [0.1, 0.15) is 5.75 Å². The Morgan fingerprint density at radius 3 is 1.76 bits per heavy atom. The summed E-state index contributed by atoms with van der Waals surface area (Å²) in [7, 11) is -3.63. The molecular weight excluding hydrogens is 628 g/mol. The minimum Gasteiger partial charge on any atom is -0.451 e. The maximum Gasteiger partial charge on any atom is 0.275 e. The van der Waals surface area contributed by atoms with Gasteiger partial charge in [-0.2, -0.15) is 4.99 Å². The number of aliphatic imine (C=N–C) groups is 1. The Bertz CT molecular complexity index is 1360. The number of rotatable bonds is 23. The van der Waals surface area contributed by atoms with Crippen molar-refractivity contribution >= 4 is 27.8 Å². The first-order valence-electron chi connectivity index (χ1n) is 14.7. The van der Waals surface area contributed by atoms with Gasteiger partial charge < -0.3 is 39.9 Å². The number of nitrogens with zero attached hydrogens (tertiary/aromatic N) is 1. The highest BCUT2D eigenvalue weighted by Gasteiger charge is 2.17. The maximum absolute atomic E-state index is 14.6. The summed E-state index contributed by atoms with van der Waals surface area (Å²) in [5.74, 6) is -4.09. The molecule has 4 N–H and O–H groups in total. The third kappa shape index (κ3) is 15.2. The Morgan fingerprint density at radius 2 is 1.28 bits per heavy atom. The third-order valence-electron chi connectivity index (χ3n) is 5.91. The van der Waals surface area contributed by atoms with Crippen molar-refractivity contribution in [3.05, 3.63) is 59.2 Å². The summed E-state index contributed by atoms with van der Waals surface area (Å²) in [6, 6.07) is 7.12. The van der Waals surface area contributed by atoms with E-state index in [2.05, 4.69) is 4.99 Å². The fourth-order valence-electron chi connectivity index (χ4n) is 3.71. The summed E-state index contributed by atoms with van der Waals surface area (Å²) in [6.45, 7) is 7.96. The van der Waals surface area contributed by atoms with E-state index in [1.165, 1.54) is 37.3 Å². The first-order chi connectivity index (χ1) is 22.0. The molecule has 15 heteroatoms. The van der Waals surface area contributed by atoms with Gasteiger partial charge in [-0.05, 0) is 67.8 Å². The lowest BCUT2D eigenvalue weighted by atomic mass is 10.1. The second-order valence-corrected chi connectivity index (χ2v) is 11.9. The number of sulfone groups is 1. The summed E-state index contributed by atoms with van der Waals surface area (Å²) in [6.07, 6.45) is 2.46. The van der Waals surface area contributed by atoms with Crippen LogP contribution in [0.4, 0.5) is 8.78 Å². The van der Waals surface area contributed by atoms with Crippen molar-refractivity contribution < 1.29 is 50.4 Å². The Kier molecular flexibility index (Phi) is 18.0. The van der Waals surface area contributed by atoms with E-state index >= 15 is 0 Å². The average molecular weight is 672 g/mol. The molecule has 2 aromatic rings. The molecule has 46 heavy (non-hydrogen) atoms. The summed E-state index contributed by atoms with van der Waals surface area (Å²) in [5.41, 5.74) is 10.4. The summed E-state index contributed by atoms with van der Waals surface area (Å²) >= 11 is 0. The van der Waals surface area contributed by atoms with Crippen molar-refractivity contribution in [1.29, 1.82) is 0 Å². The van der Waals surface area contributed by atoms with Gasteiger partial charge in [0.25, 0.3) is 5.91 Å². The molecule has 0 radical (unpaired) electrons. The molecule has 0 aliphatic heterocycles. The number of carbonyl (C=O) groups excluding carboxylic acids is 1. The fourth-order valence-corrected chi connectivity index (χ4v) is 4.99. The van der Waals surface area contributed by atoms with Crippen LogP contribution in [0.25, 0.3) is 6.08 Å². The Labute approximate surface area is 268 Å². The van der Waals surface area contributed by atoms with E-state index < -0.39 is 39.1 Å². The average Bonchev–Trinajstić information content (AvgIpc) is 3.00. The van der Waals surface area contributed by atoms with E-state index in [-0.39, 0.29) is 40.6 Å². The number of guanidine groups is 1. The molecule has 0 aliphatic carbocycles. The van der Waals surface area contributed by atoms with Crippen LogP contribution in [0, 0.1) is 11.6 Å². The number of amides is 1. The van der Waals surface area contributed by atoms with Crippen LogP contribution in [0.3, 0.4) is 0 Å². The fraction of sp³-hybridized carbons (Fsp3) is 0.484. The van der Waals surface area contributed by atoms with Crippen LogP contribution in [-0.2, 0) is 38.3 Å². The van der Waals surface area contributed by atoms with Crippen molar-refractivity contribution in [2.75, 3.05) is 71.8 Å². The predicted octanol–water partition coefficient (Wildman–Crippen LogP) is 3.62. The Hall–Kier alpha value is -3.47. The van der Waals surface area contributed by atoms with Gasteiger partial charge in [-0.1, -0.05) is 6.92 Å². The summed E-state index contributed by atoms with van der Waals surface area (Å²) in [4.78, 5) is 15.2. The monoisotopic (exact) mass is 671 g/mol. The van der Waals surface area contributed by atoms with Gasteiger partial charge in [0, 0.05) is 18.8 Å². The van der Waals surface area contributed by atoms with Gasteiger partial charge in [0.05, 0.1) is 63.5 Å². The summed E-state index contributed by atoms with van der Waals surface area (Å²) < 4.78 is 86.9. The number of hydrogen-bond acceptors (Lipinski definition) is 9.